The third-order valence-electron chi connectivity index (χ3n) is 2.57. The van der Waals surface area contributed by atoms with E-state index >= 15 is 0 Å². The van der Waals surface area contributed by atoms with Crippen molar-refractivity contribution in [2.24, 2.45) is 5.92 Å². The molecule has 0 radical (unpaired) electrons. The third-order valence-corrected chi connectivity index (χ3v) is 3.33. The van der Waals surface area contributed by atoms with Crippen LogP contribution in [0.15, 0.2) is 5.38 Å². The summed E-state index contributed by atoms with van der Waals surface area (Å²) in [6.07, 6.45) is 3.07. The number of carbonyl (C=O) groups is 2. The first-order chi connectivity index (χ1) is 7.16. The zero-order valence-electron chi connectivity index (χ0n) is 8.45. The minimum Gasteiger partial charge on any atom is -0.302 e. The van der Waals surface area contributed by atoms with Gasteiger partial charge in [0.2, 0.25) is 5.91 Å². The summed E-state index contributed by atoms with van der Waals surface area (Å²) in [5.74, 6) is 0.107. The standard InChI is InChI=1S/C10H12N2O2S/c1-6(13)8-5-15-10(11-8)12-9(14)7-3-2-4-7/h5,7H,2-4H2,1H3,(H,11,12,14). The van der Waals surface area contributed by atoms with E-state index in [1.165, 1.54) is 18.3 Å². The van der Waals surface area contributed by atoms with Gasteiger partial charge in [-0.3, -0.25) is 9.59 Å². The van der Waals surface area contributed by atoms with E-state index in [1.807, 2.05) is 0 Å². The molecule has 4 nitrogen and oxygen atoms in total. The molecule has 0 atom stereocenters. The van der Waals surface area contributed by atoms with Crippen molar-refractivity contribution >= 4 is 28.2 Å². The zero-order valence-corrected chi connectivity index (χ0v) is 9.26. The average molecular weight is 224 g/mol. The molecule has 0 bridgehead atoms. The van der Waals surface area contributed by atoms with Crippen LogP contribution in [0.2, 0.25) is 0 Å². The molecule has 0 saturated heterocycles. The molecule has 1 N–H and O–H groups in total. The van der Waals surface area contributed by atoms with Gasteiger partial charge in [-0.05, 0) is 12.8 Å². The molecule has 1 aromatic rings. The minimum atomic E-state index is -0.0737. The quantitative estimate of drug-likeness (QED) is 0.800. The Labute approximate surface area is 91.7 Å². The number of anilines is 1. The zero-order chi connectivity index (χ0) is 10.8. The topological polar surface area (TPSA) is 59.1 Å². The van der Waals surface area contributed by atoms with Gasteiger partial charge in [0, 0.05) is 18.2 Å². The fraction of sp³-hybridized carbons (Fsp3) is 0.500. The van der Waals surface area contributed by atoms with E-state index in [9.17, 15) is 9.59 Å². The van der Waals surface area contributed by atoms with E-state index in [-0.39, 0.29) is 17.6 Å². The molecular weight excluding hydrogens is 212 g/mol. The fourth-order valence-electron chi connectivity index (χ4n) is 1.37. The van der Waals surface area contributed by atoms with Gasteiger partial charge in [0.05, 0.1) is 0 Å². The molecule has 1 aromatic heterocycles. The van der Waals surface area contributed by atoms with E-state index in [1.54, 1.807) is 5.38 Å². The Balaban J connectivity index is 1.97. The van der Waals surface area contributed by atoms with Crippen molar-refractivity contribution in [3.05, 3.63) is 11.1 Å². The molecule has 1 heterocycles. The van der Waals surface area contributed by atoms with Crippen LogP contribution in [0.5, 0.6) is 0 Å². The van der Waals surface area contributed by atoms with Crippen molar-refractivity contribution in [1.82, 2.24) is 4.98 Å². The predicted molar refractivity (Wildman–Crippen MR) is 58.1 cm³/mol. The van der Waals surface area contributed by atoms with Crippen LogP contribution in [0.4, 0.5) is 5.13 Å². The van der Waals surface area contributed by atoms with E-state index in [0.29, 0.717) is 10.8 Å². The monoisotopic (exact) mass is 224 g/mol. The van der Waals surface area contributed by atoms with Gasteiger partial charge in [-0.2, -0.15) is 0 Å². The summed E-state index contributed by atoms with van der Waals surface area (Å²) in [6.45, 7) is 1.46. The van der Waals surface area contributed by atoms with Crippen molar-refractivity contribution < 1.29 is 9.59 Å². The second-order valence-electron chi connectivity index (χ2n) is 3.71. The van der Waals surface area contributed by atoms with Crippen molar-refractivity contribution in [2.75, 3.05) is 5.32 Å². The number of carbonyl (C=O) groups excluding carboxylic acids is 2. The number of rotatable bonds is 3. The number of Topliss-reactive ketones (excluding diaryl/α,β-unsaturated/α-hetero) is 1. The molecule has 1 amide bonds. The average Bonchev–Trinajstić information content (AvgIpc) is 2.48. The Kier molecular flexibility index (Phi) is 2.81. The van der Waals surface area contributed by atoms with Crippen LogP contribution in [0.25, 0.3) is 0 Å². The maximum Gasteiger partial charge on any atom is 0.229 e. The molecule has 15 heavy (non-hydrogen) atoms. The smallest absolute Gasteiger partial charge is 0.229 e. The molecule has 2 rings (SSSR count). The number of ketones is 1. The normalized spacial score (nSPS) is 15.8. The molecule has 0 unspecified atom stereocenters. The summed E-state index contributed by atoms with van der Waals surface area (Å²) in [7, 11) is 0. The number of thiazole rings is 1. The lowest BCUT2D eigenvalue weighted by atomic mass is 9.85. The van der Waals surface area contributed by atoms with Crippen molar-refractivity contribution in [2.45, 2.75) is 26.2 Å². The SMILES string of the molecule is CC(=O)c1csc(NC(=O)C2CCC2)n1. The van der Waals surface area contributed by atoms with Gasteiger partial charge >= 0.3 is 0 Å². The van der Waals surface area contributed by atoms with E-state index in [2.05, 4.69) is 10.3 Å². The summed E-state index contributed by atoms with van der Waals surface area (Å²) in [4.78, 5) is 26.5. The largest absolute Gasteiger partial charge is 0.302 e. The fourth-order valence-corrected chi connectivity index (χ4v) is 2.12. The number of amides is 1. The first-order valence-corrected chi connectivity index (χ1v) is 5.82. The molecule has 1 aliphatic rings. The highest BCUT2D eigenvalue weighted by Crippen LogP contribution is 2.28. The molecule has 5 heteroatoms. The number of nitrogens with one attached hydrogen (secondary N) is 1. The van der Waals surface area contributed by atoms with Crippen molar-refractivity contribution in [3.63, 3.8) is 0 Å². The van der Waals surface area contributed by atoms with Gasteiger partial charge in [0.1, 0.15) is 5.69 Å². The summed E-state index contributed by atoms with van der Waals surface area (Å²) < 4.78 is 0. The molecule has 0 spiro atoms. The summed E-state index contributed by atoms with van der Waals surface area (Å²) in [5, 5.41) is 4.93. The highest BCUT2D eigenvalue weighted by molar-refractivity contribution is 7.14. The van der Waals surface area contributed by atoms with Gasteiger partial charge in [0.15, 0.2) is 10.9 Å². The third kappa shape index (κ3) is 2.23. The number of hydrogen-bond donors (Lipinski definition) is 1. The summed E-state index contributed by atoms with van der Waals surface area (Å²) in [5.41, 5.74) is 0.420. The van der Waals surface area contributed by atoms with Gasteiger partial charge < -0.3 is 5.32 Å². The van der Waals surface area contributed by atoms with Crippen LogP contribution >= 0.6 is 11.3 Å². The molecule has 1 fully saturated rings. The van der Waals surface area contributed by atoms with Crippen LogP contribution in [0, 0.1) is 5.92 Å². The number of hydrogen-bond acceptors (Lipinski definition) is 4. The van der Waals surface area contributed by atoms with Crippen molar-refractivity contribution in [1.29, 1.82) is 0 Å². The van der Waals surface area contributed by atoms with E-state index in [4.69, 9.17) is 0 Å². The van der Waals surface area contributed by atoms with Gasteiger partial charge in [-0.25, -0.2) is 4.98 Å². The Bertz CT molecular complexity index is 396. The number of nitrogens with zero attached hydrogens (tertiary/aromatic N) is 1. The Morgan fingerprint density at radius 2 is 2.27 bits per heavy atom. The lowest BCUT2D eigenvalue weighted by Gasteiger charge is -2.23. The first kappa shape index (κ1) is 10.3. The van der Waals surface area contributed by atoms with Crippen LogP contribution in [-0.2, 0) is 4.79 Å². The maximum absolute atomic E-state index is 11.5. The number of aromatic nitrogens is 1. The van der Waals surface area contributed by atoms with Crippen LogP contribution in [0.3, 0.4) is 0 Å². The lowest BCUT2D eigenvalue weighted by molar-refractivity contribution is -0.122. The molecule has 0 aromatic carbocycles. The highest BCUT2D eigenvalue weighted by Gasteiger charge is 2.25. The molecule has 0 aliphatic heterocycles. The maximum atomic E-state index is 11.5. The van der Waals surface area contributed by atoms with E-state index in [0.717, 1.165) is 19.3 Å². The Hall–Kier alpha value is -1.23. The Morgan fingerprint density at radius 1 is 1.53 bits per heavy atom. The Morgan fingerprint density at radius 3 is 2.73 bits per heavy atom. The van der Waals surface area contributed by atoms with E-state index < -0.39 is 0 Å². The van der Waals surface area contributed by atoms with Crippen LogP contribution in [-0.4, -0.2) is 16.7 Å². The second kappa shape index (κ2) is 4.10. The van der Waals surface area contributed by atoms with Crippen LogP contribution in [0.1, 0.15) is 36.7 Å². The predicted octanol–water partition coefficient (Wildman–Crippen LogP) is 2.08. The summed E-state index contributed by atoms with van der Waals surface area (Å²) in [6, 6.07) is 0. The minimum absolute atomic E-state index is 0.0331. The van der Waals surface area contributed by atoms with Gasteiger partial charge in [-0.15, -0.1) is 11.3 Å². The first-order valence-electron chi connectivity index (χ1n) is 4.94. The molecule has 1 aliphatic carbocycles. The van der Waals surface area contributed by atoms with Crippen molar-refractivity contribution in [3.8, 4) is 0 Å². The van der Waals surface area contributed by atoms with Crippen LogP contribution < -0.4 is 5.32 Å². The van der Waals surface area contributed by atoms with Gasteiger partial charge in [0.25, 0.3) is 0 Å². The molecular formula is C10H12N2O2S. The molecule has 80 valence electrons. The highest BCUT2D eigenvalue weighted by atomic mass is 32.1. The summed E-state index contributed by atoms with van der Waals surface area (Å²) >= 11 is 1.29. The van der Waals surface area contributed by atoms with Gasteiger partial charge in [-0.1, -0.05) is 6.42 Å². The second-order valence-corrected chi connectivity index (χ2v) is 4.57. The molecule has 1 saturated carbocycles. The lowest BCUT2D eigenvalue weighted by Crippen LogP contribution is -2.27.